The lowest BCUT2D eigenvalue weighted by molar-refractivity contribution is -0.170. The number of carboxylic acid groups (broad SMARTS) is 1. The molecule has 0 saturated heterocycles. The molecule has 14 heavy (non-hydrogen) atoms. The summed E-state index contributed by atoms with van der Waals surface area (Å²) in [6, 6.07) is 0. The summed E-state index contributed by atoms with van der Waals surface area (Å²) >= 11 is 0. The van der Waals surface area contributed by atoms with Gasteiger partial charge in [-0.25, -0.2) is 0 Å². The minimum absolute atomic E-state index is 0.399. The Morgan fingerprint density at radius 1 is 1.36 bits per heavy atom. The van der Waals surface area contributed by atoms with Gasteiger partial charge in [0.25, 0.3) is 0 Å². The van der Waals surface area contributed by atoms with Gasteiger partial charge in [-0.2, -0.15) is 0 Å². The third kappa shape index (κ3) is 1.74. The normalized spacial score (nSPS) is 32.3. The molecule has 0 aromatic rings. The van der Waals surface area contributed by atoms with Crippen molar-refractivity contribution in [3.63, 3.8) is 0 Å². The molecule has 0 heterocycles. The number of methoxy groups -OCH3 is 1. The van der Waals surface area contributed by atoms with E-state index in [2.05, 4.69) is 11.7 Å². The second-order valence-corrected chi connectivity index (χ2v) is 4.06. The Bertz CT molecular complexity index is 239. The van der Waals surface area contributed by atoms with Crippen molar-refractivity contribution in [2.45, 2.75) is 32.6 Å². The Kier molecular flexibility index (Phi) is 3.13. The summed E-state index contributed by atoms with van der Waals surface area (Å²) in [7, 11) is 1.24. The fraction of sp³-hybridized carbons (Fsp3) is 0.800. The Morgan fingerprint density at radius 2 is 1.86 bits per heavy atom. The van der Waals surface area contributed by atoms with Gasteiger partial charge in [0.2, 0.25) is 0 Å². The van der Waals surface area contributed by atoms with Crippen molar-refractivity contribution < 1.29 is 19.4 Å². The highest BCUT2D eigenvalue weighted by Gasteiger charge is 2.48. The maximum Gasteiger partial charge on any atom is 0.323 e. The molecule has 0 aromatic heterocycles. The van der Waals surface area contributed by atoms with Crippen LogP contribution in [-0.2, 0) is 14.3 Å². The molecule has 4 nitrogen and oxygen atoms in total. The molecular formula is C10H16O4. The predicted molar refractivity (Wildman–Crippen MR) is 49.7 cm³/mol. The van der Waals surface area contributed by atoms with E-state index in [1.807, 2.05) is 0 Å². The molecule has 0 spiro atoms. The first-order valence-corrected chi connectivity index (χ1v) is 4.85. The van der Waals surface area contributed by atoms with Crippen LogP contribution in [0.2, 0.25) is 0 Å². The summed E-state index contributed by atoms with van der Waals surface area (Å²) in [6.07, 6.45) is 2.36. The number of carbonyl (C=O) groups excluding carboxylic acids is 1. The van der Waals surface area contributed by atoms with E-state index < -0.39 is 17.4 Å². The van der Waals surface area contributed by atoms with Gasteiger partial charge in [0.1, 0.15) is 0 Å². The highest BCUT2D eigenvalue weighted by molar-refractivity contribution is 5.99. The SMILES string of the molecule is COC(=O)C1(C(=O)O)CCC(C)CC1. The zero-order valence-corrected chi connectivity index (χ0v) is 8.58. The molecule has 1 saturated carbocycles. The summed E-state index contributed by atoms with van der Waals surface area (Å²) in [5.74, 6) is -1.14. The summed E-state index contributed by atoms with van der Waals surface area (Å²) in [5.41, 5.74) is -1.28. The van der Waals surface area contributed by atoms with Crippen LogP contribution in [-0.4, -0.2) is 24.2 Å². The van der Waals surface area contributed by atoms with Crippen LogP contribution in [0.25, 0.3) is 0 Å². The minimum Gasteiger partial charge on any atom is -0.480 e. The zero-order valence-electron chi connectivity index (χ0n) is 8.58. The van der Waals surface area contributed by atoms with Crippen LogP contribution in [0.4, 0.5) is 0 Å². The van der Waals surface area contributed by atoms with Gasteiger partial charge in [-0.3, -0.25) is 9.59 Å². The maximum atomic E-state index is 11.4. The van der Waals surface area contributed by atoms with Crippen LogP contribution in [0.1, 0.15) is 32.6 Å². The highest BCUT2D eigenvalue weighted by atomic mass is 16.5. The van der Waals surface area contributed by atoms with E-state index in [0.29, 0.717) is 18.8 Å². The van der Waals surface area contributed by atoms with Crippen LogP contribution >= 0.6 is 0 Å². The van der Waals surface area contributed by atoms with Crippen molar-refractivity contribution >= 4 is 11.9 Å². The number of hydrogen-bond acceptors (Lipinski definition) is 3. The van der Waals surface area contributed by atoms with Crippen LogP contribution < -0.4 is 0 Å². The number of carboxylic acids is 1. The first kappa shape index (κ1) is 11.0. The van der Waals surface area contributed by atoms with Gasteiger partial charge in [-0.05, 0) is 31.6 Å². The predicted octanol–water partition coefficient (Wildman–Crippen LogP) is 1.44. The zero-order chi connectivity index (χ0) is 10.8. The first-order valence-electron chi connectivity index (χ1n) is 4.85. The summed E-state index contributed by atoms with van der Waals surface area (Å²) in [4.78, 5) is 22.5. The number of aliphatic carboxylic acids is 1. The third-order valence-corrected chi connectivity index (χ3v) is 3.11. The van der Waals surface area contributed by atoms with Gasteiger partial charge >= 0.3 is 11.9 Å². The molecule has 0 bridgehead atoms. The summed E-state index contributed by atoms with van der Waals surface area (Å²) in [6.45, 7) is 2.07. The van der Waals surface area contributed by atoms with E-state index in [1.54, 1.807) is 0 Å². The molecule has 1 N–H and O–H groups in total. The van der Waals surface area contributed by atoms with Crippen molar-refractivity contribution in [1.29, 1.82) is 0 Å². The molecule has 1 fully saturated rings. The van der Waals surface area contributed by atoms with Crippen molar-refractivity contribution in [3.8, 4) is 0 Å². The van der Waals surface area contributed by atoms with Gasteiger partial charge < -0.3 is 9.84 Å². The van der Waals surface area contributed by atoms with Crippen molar-refractivity contribution in [2.24, 2.45) is 11.3 Å². The second-order valence-electron chi connectivity index (χ2n) is 4.06. The minimum atomic E-state index is -1.28. The molecule has 1 aliphatic carbocycles. The average Bonchev–Trinajstić information content (AvgIpc) is 2.18. The Hall–Kier alpha value is -1.06. The van der Waals surface area contributed by atoms with E-state index in [-0.39, 0.29) is 0 Å². The van der Waals surface area contributed by atoms with Crippen molar-refractivity contribution in [3.05, 3.63) is 0 Å². The number of hydrogen-bond donors (Lipinski definition) is 1. The Morgan fingerprint density at radius 3 is 2.21 bits per heavy atom. The lowest BCUT2D eigenvalue weighted by atomic mass is 9.71. The third-order valence-electron chi connectivity index (χ3n) is 3.11. The van der Waals surface area contributed by atoms with Crippen LogP contribution in [0, 0.1) is 11.3 Å². The van der Waals surface area contributed by atoms with Gasteiger partial charge in [0.15, 0.2) is 5.41 Å². The van der Waals surface area contributed by atoms with E-state index in [9.17, 15) is 9.59 Å². The van der Waals surface area contributed by atoms with E-state index in [0.717, 1.165) is 12.8 Å². The van der Waals surface area contributed by atoms with E-state index in [1.165, 1.54) is 7.11 Å². The monoisotopic (exact) mass is 200 g/mol. The van der Waals surface area contributed by atoms with Gasteiger partial charge in [-0.15, -0.1) is 0 Å². The molecule has 0 aliphatic heterocycles. The molecular weight excluding hydrogens is 184 g/mol. The van der Waals surface area contributed by atoms with E-state index in [4.69, 9.17) is 5.11 Å². The first-order chi connectivity index (χ1) is 6.53. The van der Waals surface area contributed by atoms with Crippen molar-refractivity contribution in [1.82, 2.24) is 0 Å². The van der Waals surface area contributed by atoms with Crippen LogP contribution in [0.3, 0.4) is 0 Å². The Balaban J connectivity index is 2.84. The number of carbonyl (C=O) groups is 2. The number of rotatable bonds is 2. The molecule has 0 atom stereocenters. The van der Waals surface area contributed by atoms with Gasteiger partial charge in [-0.1, -0.05) is 6.92 Å². The lowest BCUT2D eigenvalue weighted by Gasteiger charge is -2.32. The topological polar surface area (TPSA) is 63.6 Å². The van der Waals surface area contributed by atoms with Crippen LogP contribution in [0.15, 0.2) is 0 Å². The summed E-state index contributed by atoms with van der Waals surface area (Å²) < 4.78 is 4.57. The molecule has 0 amide bonds. The van der Waals surface area contributed by atoms with E-state index >= 15 is 0 Å². The molecule has 0 unspecified atom stereocenters. The number of ether oxygens (including phenoxy) is 1. The largest absolute Gasteiger partial charge is 0.480 e. The van der Waals surface area contributed by atoms with Crippen LogP contribution in [0.5, 0.6) is 0 Å². The van der Waals surface area contributed by atoms with Gasteiger partial charge in [0.05, 0.1) is 7.11 Å². The molecule has 0 aromatic carbocycles. The fourth-order valence-corrected chi connectivity index (χ4v) is 1.96. The molecule has 80 valence electrons. The van der Waals surface area contributed by atoms with Gasteiger partial charge in [0, 0.05) is 0 Å². The average molecular weight is 200 g/mol. The number of esters is 1. The lowest BCUT2D eigenvalue weighted by Crippen LogP contribution is -2.43. The maximum absolute atomic E-state index is 11.4. The quantitative estimate of drug-likeness (QED) is 0.541. The smallest absolute Gasteiger partial charge is 0.323 e. The second kappa shape index (κ2) is 3.98. The molecule has 1 rings (SSSR count). The summed E-state index contributed by atoms with van der Waals surface area (Å²) in [5, 5.41) is 9.08. The fourth-order valence-electron chi connectivity index (χ4n) is 1.96. The Labute approximate surface area is 83.2 Å². The highest BCUT2D eigenvalue weighted by Crippen LogP contribution is 2.40. The van der Waals surface area contributed by atoms with Crippen molar-refractivity contribution in [2.75, 3.05) is 7.11 Å². The molecule has 0 radical (unpaired) electrons. The standard InChI is InChI=1S/C10H16O4/c1-7-3-5-10(6-4-7,8(11)12)9(13)14-2/h7H,3-6H2,1-2H3,(H,11,12). The molecule has 1 aliphatic rings. The molecule has 4 heteroatoms.